The molecule has 186 valence electrons. The van der Waals surface area contributed by atoms with Gasteiger partial charge < -0.3 is 15.5 Å². The van der Waals surface area contributed by atoms with Gasteiger partial charge >= 0.3 is 0 Å². The second-order valence-electron chi connectivity index (χ2n) is 9.70. The van der Waals surface area contributed by atoms with Crippen molar-refractivity contribution in [2.45, 2.75) is 45.2 Å². The zero-order valence-corrected chi connectivity index (χ0v) is 20.8. The van der Waals surface area contributed by atoms with Crippen molar-refractivity contribution in [1.82, 2.24) is 20.5 Å². The van der Waals surface area contributed by atoms with Crippen molar-refractivity contribution in [3.8, 4) is 0 Å². The third-order valence-corrected chi connectivity index (χ3v) is 6.60. The maximum atomic E-state index is 12.5. The number of unbranched alkanes of at least 4 members (excludes halogenated alkanes) is 1. The first-order valence-electron chi connectivity index (χ1n) is 12.8. The highest BCUT2D eigenvalue weighted by Crippen LogP contribution is 2.19. The van der Waals surface area contributed by atoms with Crippen molar-refractivity contribution >= 4 is 28.5 Å². The van der Waals surface area contributed by atoms with Crippen molar-refractivity contribution < 1.29 is 9.59 Å². The number of benzene rings is 1. The SMILES string of the molecule is CC(C)NC(=O)C1C=CC=CC1NC(=O)CCCCN1CCN(c2ccc3ccccc3n2)CC1. The predicted molar refractivity (Wildman–Crippen MR) is 141 cm³/mol. The molecule has 0 radical (unpaired) electrons. The number of hydrogen-bond donors (Lipinski definition) is 2. The molecule has 2 aromatic rings. The van der Waals surface area contributed by atoms with Gasteiger partial charge in [-0.2, -0.15) is 0 Å². The number of hydrogen-bond acceptors (Lipinski definition) is 5. The largest absolute Gasteiger partial charge is 0.354 e. The number of fused-ring (bicyclic) bond motifs is 1. The van der Waals surface area contributed by atoms with E-state index in [1.165, 1.54) is 5.39 Å². The number of rotatable bonds is 9. The average molecular weight is 476 g/mol. The van der Waals surface area contributed by atoms with Gasteiger partial charge in [0.05, 0.1) is 17.5 Å². The third-order valence-electron chi connectivity index (χ3n) is 6.60. The average Bonchev–Trinajstić information content (AvgIpc) is 2.86. The van der Waals surface area contributed by atoms with Gasteiger partial charge in [-0.15, -0.1) is 0 Å². The number of anilines is 1. The molecule has 2 heterocycles. The minimum atomic E-state index is -0.361. The summed E-state index contributed by atoms with van der Waals surface area (Å²) in [5.74, 6) is 0.639. The van der Waals surface area contributed by atoms with Crippen molar-refractivity contribution in [3.63, 3.8) is 0 Å². The first kappa shape index (κ1) is 24.9. The lowest BCUT2D eigenvalue weighted by Gasteiger charge is -2.35. The minimum Gasteiger partial charge on any atom is -0.354 e. The van der Waals surface area contributed by atoms with Crippen LogP contribution >= 0.6 is 0 Å². The summed E-state index contributed by atoms with van der Waals surface area (Å²) in [5, 5.41) is 7.14. The summed E-state index contributed by atoms with van der Waals surface area (Å²) in [6, 6.07) is 12.3. The first-order valence-corrected chi connectivity index (χ1v) is 12.8. The highest BCUT2D eigenvalue weighted by molar-refractivity contribution is 5.84. The number of allylic oxidation sites excluding steroid dienone is 2. The van der Waals surface area contributed by atoms with E-state index in [0.29, 0.717) is 6.42 Å². The van der Waals surface area contributed by atoms with Crippen LogP contribution in [0, 0.1) is 5.92 Å². The number of nitrogens with one attached hydrogen (secondary N) is 2. The number of carbonyl (C=O) groups excluding carboxylic acids is 2. The first-order chi connectivity index (χ1) is 17.0. The standard InChI is InChI=1S/C28H37N5O2/c1-21(2)29-28(35)23-10-4-6-12-25(23)31-27(34)13-7-8-16-32-17-19-33(20-18-32)26-15-14-22-9-3-5-11-24(22)30-26/h3-6,9-12,14-15,21,23,25H,7-8,13,16-20H2,1-2H3,(H,29,35)(H,31,34). The van der Waals surface area contributed by atoms with E-state index in [2.05, 4.69) is 44.7 Å². The topological polar surface area (TPSA) is 77.6 Å². The molecule has 2 unspecified atom stereocenters. The highest BCUT2D eigenvalue weighted by atomic mass is 16.2. The number of aromatic nitrogens is 1. The molecule has 0 bridgehead atoms. The zero-order valence-electron chi connectivity index (χ0n) is 20.8. The number of piperazine rings is 1. The van der Waals surface area contributed by atoms with E-state index >= 15 is 0 Å². The number of pyridine rings is 1. The Balaban J connectivity index is 1.15. The fraction of sp³-hybridized carbons (Fsp3) is 0.464. The molecule has 1 aliphatic carbocycles. The molecule has 1 saturated heterocycles. The van der Waals surface area contributed by atoms with E-state index in [0.717, 1.165) is 56.9 Å². The Morgan fingerprint density at radius 1 is 1.00 bits per heavy atom. The van der Waals surface area contributed by atoms with E-state index in [9.17, 15) is 9.59 Å². The fourth-order valence-corrected chi connectivity index (χ4v) is 4.69. The molecule has 0 saturated carbocycles. The molecule has 1 aromatic heterocycles. The van der Waals surface area contributed by atoms with Gasteiger partial charge in [-0.25, -0.2) is 4.98 Å². The molecule has 2 atom stereocenters. The van der Waals surface area contributed by atoms with E-state index in [1.54, 1.807) is 0 Å². The molecule has 7 heteroatoms. The number of carbonyl (C=O) groups is 2. The summed E-state index contributed by atoms with van der Waals surface area (Å²) < 4.78 is 0. The predicted octanol–water partition coefficient (Wildman–Crippen LogP) is 3.28. The molecule has 4 rings (SSSR count). The van der Waals surface area contributed by atoms with E-state index in [1.807, 2.05) is 50.3 Å². The van der Waals surface area contributed by atoms with Gasteiger partial charge in [-0.05, 0) is 51.4 Å². The van der Waals surface area contributed by atoms with Gasteiger partial charge in [0.1, 0.15) is 5.82 Å². The lowest BCUT2D eigenvalue weighted by atomic mass is 9.93. The molecule has 2 amide bonds. The maximum Gasteiger partial charge on any atom is 0.229 e. The summed E-state index contributed by atoms with van der Waals surface area (Å²) in [7, 11) is 0. The zero-order chi connectivity index (χ0) is 24.6. The van der Waals surface area contributed by atoms with E-state index in [-0.39, 0.29) is 29.8 Å². The van der Waals surface area contributed by atoms with E-state index < -0.39 is 0 Å². The van der Waals surface area contributed by atoms with Gasteiger partial charge in [-0.3, -0.25) is 14.5 Å². The Kier molecular flexibility index (Phi) is 8.53. The van der Waals surface area contributed by atoms with Crippen LogP contribution in [0.3, 0.4) is 0 Å². The summed E-state index contributed by atoms with van der Waals surface area (Å²) >= 11 is 0. The van der Waals surface area contributed by atoms with Gasteiger partial charge in [-0.1, -0.05) is 42.5 Å². The quantitative estimate of drug-likeness (QED) is 0.545. The maximum absolute atomic E-state index is 12.5. The Morgan fingerprint density at radius 2 is 1.77 bits per heavy atom. The highest BCUT2D eigenvalue weighted by Gasteiger charge is 2.27. The molecule has 2 N–H and O–H groups in total. The van der Waals surface area contributed by atoms with Crippen molar-refractivity contribution in [1.29, 1.82) is 0 Å². The summed E-state index contributed by atoms with van der Waals surface area (Å²) in [6.45, 7) is 8.82. The van der Waals surface area contributed by atoms with Gasteiger partial charge in [0.15, 0.2) is 0 Å². The third kappa shape index (κ3) is 6.92. The van der Waals surface area contributed by atoms with Crippen molar-refractivity contribution in [2.75, 3.05) is 37.6 Å². The van der Waals surface area contributed by atoms with Crippen molar-refractivity contribution in [3.05, 3.63) is 60.7 Å². The van der Waals surface area contributed by atoms with Crippen LogP contribution in [-0.4, -0.2) is 66.5 Å². The lowest BCUT2D eigenvalue weighted by molar-refractivity contribution is -0.125. The van der Waals surface area contributed by atoms with Crippen LogP contribution in [0.1, 0.15) is 33.1 Å². The molecule has 7 nitrogen and oxygen atoms in total. The fourth-order valence-electron chi connectivity index (χ4n) is 4.69. The van der Waals surface area contributed by atoms with Crippen LogP contribution in [0.4, 0.5) is 5.82 Å². The second kappa shape index (κ2) is 12.0. The lowest BCUT2D eigenvalue weighted by Crippen LogP contribution is -2.47. The van der Waals surface area contributed by atoms with Crippen LogP contribution in [-0.2, 0) is 9.59 Å². The molecule has 0 spiro atoms. The number of para-hydroxylation sites is 1. The molecule has 35 heavy (non-hydrogen) atoms. The summed E-state index contributed by atoms with van der Waals surface area (Å²) in [5.41, 5.74) is 1.04. The monoisotopic (exact) mass is 475 g/mol. The number of nitrogens with zero attached hydrogens (tertiary/aromatic N) is 3. The summed E-state index contributed by atoms with van der Waals surface area (Å²) in [6.07, 6.45) is 9.81. The summed E-state index contributed by atoms with van der Waals surface area (Å²) in [4.78, 5) is 34.6. The van der Waals surface area contributed by atoms with Crippen LogP contribution in [0.5, 0.6) is 0 Å². The molecule has 1 aliphatic heterocycles. The number of amides is 2. The molecular weight excluding hydrogens is 438 g/mol. The van der Waals surface area contributed by atoms with Gasteiger partial charge in [0.25, 0.3) is 0 Å². The Labute approximate surface area is 208 Å². The van der Waals surface area contributed by atoms with Crippen LogP contribution < -0.4 is 15.5 Å². The smallest absolute Gasteiger partial charge is 0.229 e. The second-order valence-corrected chi connectivity index (χ2v) is 9.70. The molecule has 2 aliphatic rings. The van der Waals surface area contributed by atoms with Crippen LogP contribution in [0.2, 0.25) is 0 Å². The van der Waals surface area contributed by atoms with Crippen LogP contribution in [0.15, 0.2) is 60.7 Å². The van der Waals surface area contributed by atoms with Crippen molar-refractivity contribution in [2.24, 2.45) is 5.92 Å². The molecule has 1 aromatic carbocycles. The van der Waals surface area contributed by atoms with Gasteiger partial charge in [0, 0.05) is 44.0 Å². The normalized spacial score (nSPS) is 20.4. The Hall–Kier alpha value is -3.19. The van der Waals surface area contributed by atoms with Gasteiger partial charge in [0.2, 0.25) is 11.8 Å². The van der Waals surface area contributed by atoms with E-state index in [4.69, 9.17) is 4.98 Å². The molecule has 1 fully saturated rings. The Bertz CT molecular complexity index is 1070. The Morgan fingerprint density at radius 3 is 2.57 bits per heavy atom. The molecular formula is C28H37N5O2. The minimum absolute atomic E-state index is 0.00416. The van der Waals surface area contributed by atoms with Crippen LogP contribution in [0.25, 0.3) is 10.9 Å².